The van der Waals surface area contributed by atoms with E-state index in [4.69, 9.17) is 0 Å². The van der Waals surface area contributed by atoms with E-state index in [1.165, 1.54) is 0 Å². The minimum absolute atomic E-state index is 0.0710. The molecule has 0 heterocycles. The number of hydrogen-bond donors (Lipinski definition) is 2. The number of benzene rings is 1. The summed E-state index contributed by atoms with van der Waals surface area (Å²) in [6.07, 6.45) is -10.0. The number of nitrogens with one attached hydrogen (secondary N) is 1. The van der Waals surface area contributed by atoms with E-state index in [0.717, 1.165) is 0 Å². The van der Waals surface area contributed by atoms with Crippen LogP contribution in [0.25, 0.3) is 0 Å². The Morgan fingerprint density at radius 3 is 1.84 bits per heavy atom. The Morgan fingerprint density at radius 1 is 0.920 bits per heavy atom. The zero-order valence-corrected chi connectivity index (χ0v) is 13.5. The predicted octanol–water partition coefficient (Wildman–Crippen LogP) is 3.77. The highest BCUT2D eigenvalue weighted by atomic mass is 32.2. The third kappa shape index (κ3) is 4.78. The van der Waals surface area contributed by atoms with Gasteiger partial charge in [0.05, 0.1) is 17.2 Å². The van der Waals surface area contributed by atoms with E-state index < -0.39 is 50.5 Å². The number of anilines is 1. The molecule has 1 saturated carbocycles. The molecule has 0 saturated heterocycles. The van der Waals surface area contributed by atoms with Crippen molar-refractivity contribution in [3.05, 3.63) is 29.3 Å². The van der Waals surface area contributed by atoms with Gasteiger partial charge in [-0.25, -0.2) is 8.42 Å². The third-order valence-electron chi connectivity index (χ3n) is 3.91. The van der Waals surface area contributed by atoms with Crippen LogP contribution in [0.1, 0.15) is 36.8 Å². The lowest BCUT2D eigenvalue weighted by Gasteiger charge is -2.27. The van der Waals surface area contributed by atoms with Crippen LogP contribution < -0.4 is 4.72 Å². The van der Waals surface area contributed by atoms with Crippen LogP contribution in [0.4, 0.5) is 32.0 Å². The van der Waals surface area contributed by atoms with Crippen LogP contribution in [-0.4, -0.2) is 24.9 Å². The summed E-state index contributed by atoms with van der Waals surface area (Å²) >= 11 is 0. The largest absolute Gasteiger partial charge is 0.416 e. The van der Waals surface area contributed by atoms with Gasteiger partial charge in [0.1, 0.15) is 5.25 Å². The molecule has 0 radical (unpaired) electrons. The van der Waals surface area contributed by atoms with E-state index >= 15 is 0 Å². The fraction of sp³-hybridized carbons (Fsp3) is 0.571. The van der Waals surface area contributed by atoms with Crippen molar-refractivity contribution in [3.63, 3.8) is 0 Å². The monoisotopic (exact) mass is 391 g/mol. The molecule has 0 bridgehead atoms. The minimum Gasteiger partial charge on any atom is -0.392 e. The predicted molar refractivity (Wildman–Crippen MR) is 77.3 cm³/mol. The minimum atomic E-state index is -5.08. The maximum atomic E-state index is 12.8. The van der Waals surface area contributed by atoms with Gasteiger partial charge in [-0.1, -0.05) is 12.8 Å². The fourth-order valence-electron chi connectivity index (χ4n) is 2.69. The van der Waals surface area contributed by atoms with E-state index in [0.29, 0.717) is 25.0 Å². The SMILES string of the molecule is O=S(=O)(Nc1cc(C(F)(F)F)cc(C(F)(F)F)c1)C1CCCCC1O. The first-order valence-corrected chi connectivity index (χ1v) is 8.84. The van der Waals surface area contributed by atoms with Crippen LogP contribution in [0, 0.1) is 0 Å². The zero-order chi connectivity index (χ0) is 19.0. The second-order valence-corrected chi connectivity index (χ2v) is 7.73. The first-order valence-electron chi connectivity index (χ1n) is 7.30. The summed E-state index contributed by atoms with van der Waals surface area (Å²) in [4.78, 5) is 0. The molecule has 0 spiro atoms. The van der Waals surface area contributed by atoms with E-state index in [2.05, 4.69) is 0 Å². The highest BCUT2D eigenvalue weighted by Crippen LogP contribution is 2.38. The topological polar surface area (TPSA) is 66.4 Å². The lowest BCUT2D eigenvalue weighted by molar-refractivity contribution is -0.143. The van der Waals surface area contributed by atoms with Gasteiger partial charge in [-0.05, 0) is 31.0 Å². The van der Waals surface area contributed by atoms with E-state index in [9.17, 15) is 39.9 Å². The highest BCUT2D eigenvalue weighted by Gasteiger charge is 2.39. The standard InChI is InChI=1S/C14H15F6NO3S/c15-13(16,17)8-5-9(14(18,19)20)7-10(6-8)21-25(23,24)12-4-2-1-3-11(12)22/h5-7,11-12,21-22H,1-4H2. The summed E-state index contributed by atoms with van der Waals surface area (Å²) in [5.41, 5.74) is -4.09. The maximum Gasteiger partial charge on any atom is 0.416 e. The van der Waals surface area contributed by atoms with Crippen LogP contribution in [0.5, 0.6) is 0 Å². The Labute approximate surface area is 139 Å². The molecule has 2 atom stereocenters. The smallest absolute Gasteiger partial charge is 0.392 e. The summed E-state index contributed by atoms with van der Waals surface area (Å²) in [7, 11) is -4.34. The molecule has 2 rings (SSSR count). The molecule has 2 unspecified atom stereocenters. The number of hydrogen-bond acceptors (Lipinski definition) is 3. The number of halogens is 6. The van der Waals surface area contributed by atoms with Crippen molar-refractivity contribution < 1.29 is 39.9 Å². The van der Waals surface area contributed by atoms with Gasteiger partial charge in [-0.2, -0.15) is 26.3 Å². The molecule has 25 heavy (non-hydrogen) atoms. The molecule has 4 nitrogen and oxygen atoms in total. The van der Waals surface area contributed by atoms with Crippen molar-refractivity contribution in [1.29, 1.82) is 0 Å². The van der Waals surface area contributed by atoms with Gasteiger partial charge in [0, 0.05) is 5.69 Å². The van der Waals surface area contributed by atoms with E-state index in [1.807, 2.05) is 0 Å². The lowest BCUT2D eigenvalue weighted by atomic mass is 9.97. The molecular formula is C14H15F6NO3S. The second kappa shape index (κ2) is 6.67. The number of aliphatic hydroxyl groups excluding tert-OH is 1. The van der Waals surface area contributed by atoms with Crippen molar-refractivity contribution >= 4 is 15.7 Å². The van der Waals surface area contributed by atoms with Crippen LogP contribution in [-0.2, 0) is 22.4 Å². The summed E-state index contributed by atoms with van der Waals surface area (Å²) in [5, 5.41) is 8.48. The fourth-order valence-corrected chi connectivity index (χ4v) is 4.32. The number of aliphatic hydroxyl groups is 1. The summed E-state index contributed by atoms with van der Waals surface area (Å²) < 4.78 is 103. The highest BCUT2D eigenvalue weighted by molar-refractivity contribution is 7.93. The molecule has 0 aromatic heterocycles. The molecule has 1 aliphatic rings. The van der Waals surface area contributed by atoms with Crippen LogP contribution in [0.3, 0.4) is 0 Å². The quantitative estimate of drug-likeness (QED) is 0.771. The molecule has 1 aromatic rings. The normalized spacial score (nSPS) is 22.7. The number of alkyl halides is 6. The average Bonchev–Trinajstić information content (AvgIpc) is 2.44. The molecule has 2 N–H and O–H groups in total. The van der Waals surface area contributed by atoms with Gasteiger partial charge in [-0.3, -0.25) is 4.72 Å². The average molecular weight is 391 g/mol. The van der Waals surface area contributed by atoms with Crippen molar-refractivity contribution in [1.82, 2.24) is 0 Å². The Kier molecular flexibility index (Phi) is 5.29. The first kappa shape index (κ1) is 19.8. The van der Waals surface area contributed by atoms with Crippen molar-refractivity contribution in [2.75, 3.05) is 4.72 Å². The third-order valence-corrected chi connectivity index (χ3v) is 5.78. The molecule has 142 valence electrons. The van der Waals surface area contributed by atoms with Crippen molar-refractivity contribution in [2.24, 2.45) is 0 Å². The Morgan fingerprint density at radius 2 is 1.40 bits per heavy atom. The van der Waals surface area contributed by atoms with Crippen LogP contribution >= 0.6 is 0 Å². The molecule has 0 aliphatic heterocycles. The van der Waals surface area contributed by atoms with Crippen LogP contribution in [0.15, 0.2) is 18.2 Å². The number of sulfonamides is 1. The van der Waals surface area contributed by atoms with E-state index in [-0.39, 0.29) is 18.9 Å². The lowest BCUT2D eigenvalue weighted by Crippen LogP contribution is -2.40. The summed E-state index contributed by atoms with van der Waals surface area (Å²) in [6.45, 7) is 0. The van der Waals surface area contributed by atoms with Gasteiger partial charge in [0.2, 0.25) is 10.0 Å². The van der Waals surface area contributed by atoms with Gasteiger partial charge >= 0.3 is 12.4 Å². The second-order valence-electron chi connectivity index (χ2n) is 5.83. The van der Waals surface area contributed by atoms with Gasteiger partial charge < -0.3 is 5.11 Å². The molecule has 0 amide bonds. The molecule has 11 heteroatoms. The molecule has 1 aromatic carbocycles. The molecule has 1 fully saturated rings. The van der Waals surface area contributed by atoms with Crippen molar-refractivity contribution in [2.45, 2.75) is 49.4 Å². The Hall–Kier alpha value is -1.49. The molecule has 1 aliphatic carbocycles. The van der Waals surface area contributed by atoms with Crippen LogP contribution in [0.2, 0.25) is 0 Å². The number of rotatable bonds is 3. The summed E-state index contributed by atoms with van der Waals surface area (Å²) in [6, 6.07) is 0.497. The van der Waals surface area contributed by atoms with Gasteiger partial charge in [0.15, 0.2) is 0 Å². The summed E-state index contributed by atoms with van der Waals surface area (Å²) in [5.74, 6) is 0. The first-order chi connectivity index (χ1) is 11.3. The zero-order valence-electron chi connectivity index (χ0n) is 12.7. The Balaban J connectivity index is 2.41. The van der Waals surface area contributed by atoms with Gasteiger partial charge in [0.25, 0.3) is 0 Å². The Bertz CT molecular complexity index is 697. The van der Waals surface area contributed by atoms with E-state index in [1.54, 1.807) is 4.72 Å². The van der Waals surface area contributed by atoms with Crippen molar-refractivity contribution in [3.8, 4) is 0 Å². The maximum absolute atomic E-state index is 12.8. The molecular weight excluding hydrogens is 376 g/mol. The van der Waals surface area contributed by atoms with Gasteiger partial charge in [-0.15, -0.1) is 0 Å².